The highest BCUT2D eigenvalue weighted by atomic mass is 16.5. The average molecular weight is 257 g/mol. The smallest absolute Gasteiger partial charge is 0.119 e. The summed E-state index contributed by atoms with van der Waals surface area (Å²) in [5, 5.41) is 7.52. The maximum absolute atomic E-state index is 5.44. The molecule has 0 unspecified atom stereocenters. The van der Waals surface area contributed by atoms with Crippen LogP contribution in [-0.2, 0) is 20.1 Å². The fourth-order valence-electron chi connectivity index (χ4n) is 1.77. The lowest BCUT2D eigenvalue weighted by Crippen LogP contribution is -2.12. The maximum Gasteiger partial charge on any atom is 0.119 e. The number of hydrogen-bond donors (Lipinski definition) is 1. The average Bonchev–Trinajstić information content (AvgIpc) is 2.84. The Kier molecular flexibility index (Phi) is 4.75. The van der Waals surface area contributed by atoms with Crippen molar-refractivity contribution < 1.29 is 4.74 Å². The molecule has 0 spiro atoms. The van der Waals surface area contributed by atoms with E-state index < -0.39 is 0 Å². The summed E-state index contributed by atoms with van der Waals surface area (Å²) in [5.74, 6) is 0.871. The Bertz CT molecular complexity index is 516. The summed E-state index contributed by atoms with van der Waals surface area (Å²) in [6.07, 6.45) is 5.63. The van der Waals surface area contributed by atoms with Crippen LogP contribution >= 0.6 is 0 Å². The molecule has 0 aliphatic heterocycles. The van der Waals surface area contributed by atoms with E-state index in [1.165, 1.54) is 11.1 Å². The molecule has 0 aliphatic rings. The molecule has 0 fully saturated rings. The first-order valence-electron chi connectivity index (χ1n) is 6.29. The van der Waals surface area contributed by atoms with Crippen molar-refractivity contribution in [2.24, 2.45) is 7.05 Å². The highest BCUT2D eigenvalue weighted by Crippen LogP contribution is 2.12. The lowest BCUT2D eigenvalue weighted by molar-refractivity contribution is 0.363. The van der Waals surface area contributed by atoms with Crippen molar-refractivity contribution in [1.82, 2.24) is 15.1 Å². The van der Waals surface area contributed by atoms with Crippen molar-refractivity contribution in [3.8, 4) is 5.75 Å². The molecule has 0 saturated carbocycles. The molecule has 4 nitrogen and oxygen atoms in total. The molecule has 0 atom stereocenters. The number of rotatable bonds is 7. The van der Waals surface area contributed by atoms with Gasteiger partial charge in [-0.05, 0) is 17.7 Å². The molecule has 2 aromatic rings. The predicted molar refractivity (Wildman–Crippen MR) is 75.9 cm³/mol. The highest BCUT2D eigenvalue weighted by molar-refractivity contribution is 5.27. The quantitative estimate of drug-likeness (QED) is 0.773. The molecule has 0 radical (unpaired) electrons. The first kappa shape index (κ1) is 13.4. The van der Waals surface area contributed by atoms with E-state index in [1.54, 1.807) is 6.08 Å². The summed E-state index contributed by atoms with van der Waals surface area (Å²) in [4.78, 5) is 0. The van der Waals surface area contributed by atoms with Crippen LogP contribution in [0.1, 0.15) is 11.1 Å². The molecule has 0 amide bonds. The van der Waals surface area contributed by atoms with Crippen LogP contribution in [0.4, 0.5) is 0 Å². The summed E-state index contributed by atoms with van der Waals surface area (Å²) in [6, 6.07) is 8.08. The van der Waals surface area contributed by atoms with Gasteiger partial charge in [-0.15, -0.1) is 0 Å². The van der Waals surface area contributed by atoms with Crippen LogP contribution in [0.5, 0.6) is 5.75 Å². The van der Waals surface area contributed by atoms with Gasteiger partial charge in [-0.1, -0.05) is 24.8 Å². The molecule has 0 saturated heterocycles. The Morgan fingerprint density at radius 2 is 2.00 bits per heavy atom. The van der Waals surface area contributed by atoms with E-state index in [0.29, 0.717) is 6.61 Å². The van der Waals surface area contributed by atoms with Crippen molar-refractivity contribution in [2.75, 3.05) is 6.61 Å². The molecule has 0 bridgehead atoms. The van der Waals surface area contributed by atoms with Gasteiger partial charge in [0.2, 0.25) is 0 Å². The fourth-order valence-corrected chi connectivity index (χ4v) is 1.77. The van der Waals surface area contributed by atoms with Crippen LogP contribution < -0.4 is 10.1 Å². The van der Waals surface area contributed by atoms with Gasteiger partial charge in [-0.2, -0.15) is 5.10 Å². The molecule has 1 heterocycles. The molecule has 1 aromatic carbocycles. The van der Waals surface area contributed by atoms with E-state index in [2.05, 4.69) is 29.1 Å². The van der Waals surface area contributed by atoms with Crippen LogP contribution in [0.2, 0.25) is 0 Å². The fraction of sp³-hybridized carbons (Fsp3) is 0.267. The van der Waals surface area contributed by atoms with Crippen molar-refractivity contribution in [3.63, 3.8) is 0 Å². The number of aromatic nitrogens is 2. The number of aryl methyl sites for hydroxylation is 1. The van der Waals surface area contributed by atoms with Crippen molar-refractivity contribution in [1.29, 1.82) is 0 Å². The topological polar surface area (TPSA) is 39.1 Å². The van der Waals surface area contributed by atoms with Gasteiger partial charge in [-0.3, -0.25) is 4.68 Å². The third-order valence-electron chi connectivity index (χ3n) is 2.71. The van der Waals surface area contributed by atoms with Crippen molar-refractivity contribution in [3.05, 3.63) is 60.4 Å². The second kappa shape index (κ2) is 6.75. The second-order valence-electron chi connectivity index (χ2n) is 4.37. The van der Waals surface area contributed by atoms with E-state index in [9.17, 15) is 0 Å². The van der Waals surface area contributed by atoms with Crippen LogP contribution in [0.15, 0.2) is 49.3 Å². The van der Waals surface area contributed by atoms with Gasteiger partial charge in [0.15, 0.2) is 0 Å². The van der Waals surface area contributed by atoms with Crippen molar-refractivity contribution in [2.45, 2.75) is 13.1 Å². The van der Waals surface area contributed by atoms with Gasteiger partial charge in [0.05, 0.1) is 6.20 Å². The Morgan fingerprint density at radius 3 is 2.63 bits per heavy atom. The van der Waals surface area contributed by atoms with E-state index >= 15 is 0 Å². The number of nitrogens with one attached hydrogen (secondary N) is 1. The van der Waals surface area contributed by atoms with Crippen molar-refractivity contribution >= 4 is 0 Å². The lowest BCUT2D eigenvalue weighted by Gasteiger charge is -2.06. The summed E-state index contributed by atoms with van der Waals surface area (Å²) >= 11 is 0. The van der Waals surface area contributed by atoms with Crippen LogP contribution in [0.3, 0.4) is 0 Å². The SMILES string of the molecule is C=CCOc1ccc(CNCc2cnn(C)c2)cc1. The largest absolute Gasteiger partial charge is 0.490 e. The molecular weight excluding hydrogens is 238 g/mol. The Morgan fingerprint density at radius 1 is 1.26 bits per heavy atom. The zero-order valence-electron chi connectivity index (χ0n) is 11.2. The second-order valence-corrected chi connectivity index (χ2v) is 4.37. The molecule has 1 aromatic heterocycles. The van der Waals surface area contributed by atoms with Gasteiger partial charge < -0.3 is 10.1 Å². The van der Waals surface area contributed by atoms with Gasteiger partial charge in [0.1, 0.15) is 12.4 Å². The summed E-state index contributed by atoms with van der Waals surface area (Å²) in [7, 11) is 1.92. The van der Waals surface area contributed by atoms with Gasteiger partial charge in [-0.25, -0.2) is 0 Å². The minimum Gasteiger partial charge on any atom is -0.490 e. The van der Waals surface area contributed by atoms with E-state index in [0.717, 1.165) is 18.8 Å². The van der Waals surface area contributed by atoms with E-state index in [1.807, 2.05) is 36.3 Å². The predicted octanol–water partition coefficient (Wildman–Crippen LogP) is 2.27. The molecule has 100 valence electrons. The molecule has 19 heavy (non-hydrogen) atoms. The minimum absolute atomic E-state index is 0.540. The number of ether oxygens (including phenoxy) is 1. The number of nitrogens with zero attached hydrogens (tertiary/aromatic N) is 2. The summed E-state index contributed by atoms with van der Waals surface area (Å²) in [6.45, 7) is 5.81. The summed E-state index contributed by atoms with van der Waals surface area (Å²) in [5.41, 5.74) is 2.42. The van der Waals surface area contributed by atoms with Gasteiger partial charge >= 0.3 is 0 Å². The monoisotopic (exact) mass is 257 g/mol. The number of hydrogen-bond acceptors (Lipinski definition) is 3. The standard InChI is InChI=1S/C15H19N3O/c1-3-8-19-15-6-4-13(5-7-15)9-16-10-14-11-17-18(2)12-14/h3-7,11-12,16H,1,8-10H2,2H3. The highest BCUT2D eigenvalue weighted by Gasteiger charge is 1.97. The van der Waals surface area contributed by atoms with Crippen LogP contribution in [0.25, 0.3) is 0 Å². The molecule has 4 heteroatoms. The zero-order valence-corrected chi connectivity index (χ0v) is 11.2. The van der Waals surface area contributed by atoms with Crippen LogP contribution in [-0.4, -0.2) is 16.4 Å². The number of benzene rings is 1. The lowest BCUT2D eigenvalue weighted by atomic mass is 10.2. The molecule has 2 rings (SSSR count). The first-order valence-corrected chi connectivity index (χ1v) is 6.29. The Hall–Kier alpha value is -2.07. The minimum atomic E-state index is 0.540. The summed E-state index contributed by atoms with van der Waals surface area (Å²) < 4.78 is 7.25. The van der Waals surface area contributed by atoms with E-state index in [-0.39, 0.29) is 0 Å². The normalized spacial score (nSPS) is 10.4. The first-order chi connectivity index (χ1) is 9.28. The van der Waals surface area contributed by atoms with E-state index in [4.69, 9.17) is 4.74 Å². The molecule has 1 N–H and O–H groups in total. The zero-order chi connectivity index (χ0) is 13.5. The molecule has 0 aliphatic carbocycles. The Balaban J connectivity index is 1.78. The third-order valence-corrected chi connectivity index (χ3v) is 2.71. The molecular formula is C15H19N3O. The third kappa shape index (κ3) is 4.26. The maximum atomic E-state index is 5.44. The Labute approximate surface area is 113 Å². The van der Waals surface area contributed by atoms with Crippen LogP contribution in [0, 0.1) is 0 Å². The van der Waals surface area contributed by atoms with Gasteiger partial charge in [0, 0.05) is 31.9 Å². The van der Waals surface area contributed by atoms with Gasteiger partial charge in [0.25, 0.3) is 0 Å².